The Bertz CT molecular complexity index is 307. The van der Waals surface area contributed by atoms with Gasteiger partial charge in [0.1, 0.15) is 0 Å². The van der Waals surface area contributed by atoms with Gasteiger partial charge in [0.05, 0.1) is 0 Å². The topological polar surface area (TPSA) is 3.24 Å². The molecule has 1 aliphatic rings. The second-order valence-electron chi connectivity index (χ2n) is 4.08. The van der Waals surface area contributed by atoms with Crippen LogP contribution in [0.1, 0.15) is 24.8 Å². The van der Waals surface area contributed by atoms with Crippen molar-refractivity contribution in [1.29, 1.82) is 0 Å². The second kappa shape index (κ2) is 4.45. The average Bonchev–Trinajstić information content (AvgIpc) is 2.12. The fourth-order valence-electron chi connectivity index (χ4n) is 1.92. The normalized spacial score (nSPS) is 19.0. The molecule has 1 fully saturated rings. The minimum absolute atomic E-state index is 0.630. The van der Waals surface area contributed by atoms with E-state index >= 15 is 0 Å². The number of nitrogens with zero attached hydrogens (tertiary/aromatic N) is 1. The van der Waals surface area contributed by atoms with Gasteiger partial charge in [-0.05, 0) is 37.1 Å². The Balaban J connectivity index is 2.02. The van der Waals surface area contributed by atoms with Gasteiger partial charge in [-0.25, -0.2) is 0 Å². The molecule has 0 radical (unpaired) electrons. The quantitative estimate of drug-likeness (QED) is 0.800. The zero-order valence-corrected chi connectivity index (χ0v) is 10.1. The summed E-state index contributed by atoms with van der Waals surface area (Å²) in [6, 6.07) is 8.53. The molecule has 1 aliphatic heterocycles. The van der Waals surface area contributed by atoms with Gasteiger partial charge < -0.3 is 4.90 Å². The molecule has 1 aromatic rings. The third kappa shape index (κ3) is 2.18. The first-order valence-corrected chi connectivity index (χ1v) is 6.03. The predicted octanol–water partition coefficient (Wildman–Crippen LogP) is 3.26. The summed E-state index contributed by atoms with van der Waals surface area (Å²) in [4.78, 5) is 2.52. The van der Waals surface area contributed by atoms with E-state index in [1.54, 1.807) is 0 Å². The molecule has 2 rings (SSSR count). The average molecular weight is 254 g/mol. The summed E-state index contributed by atoms with van der Waals surface area (Å²) in [5, 5.41) is 0. The monoisotopic (exact) mass is 253 g/mol. The van der Waals surface area contributed by atoms with E-state index < -0.39 is 0 Å². The molecule has 76 valence electrons. The highest BCUT2D eigenvalue weighted by Gasteiger charge is 2.18. The summed E-state index contributed by atoms with van der Waals surface area (Å²) < 4.78 is 1.24. The number of rotatable bonds is 3. The molecule has 2 heteroatoms. The van der Waals surface area contributed by atoms with E-state index in [0.717, 1.165) is 0 Å². The summed E-state index contributed by atoms with van der Waals surface area (Å²) in [7, 11) is 0. The van der Waals surface area contributed by atoms with Gasteiger partial charge in [-0.1, -0.05) is 41.1 Å². The van der Waals surface area contributed by atoms with Crippen molar-refractivity contribution in [1.82, 2.24) is 4.90 Å². The van der Waals surface area contributed by atoms with Gasteiger partial charge in [0.15, 0.2) is 0 Å². The highest BCUT2D eigenvalue weighted by molar-refractivity contribution is 9.10. The van der Waals surface area contributed by atoms with E-state index in [0.29, 0.717) is 5.92 Å². The van der Waals surface area contributed by atoms with Crippen molar-refractivity contribution in [2.24, 2.45) is 0 Å². The maximum absolute atomic E-state index is 3.61. The summed E-state index contributed by atoms with van der Waals surface area (Å²) in [6.45, 7) is 6.07. The molecule has 0 saturated carbocycles. The maximum atomic E-state index is 3.61. The van der Waals surface area contributed by atoms with Gasteiger partial charge in [-0.2, -0.15) is 0 Å². The molecule has 1 nitrogen and oxygen atoms in total. The Labute approximate surface area is 94.2 Å². The van der Waals surface area contributed by atoms with Crippen LogP contribution in [0.3, 0.4) is 0 Å². The maximum Gasteiger partial charge on any atom is 0.0210 e. The highest BCUT2D eigenvalue weighted by Crippen LogP contribution is 2.26. The molecule has 1 unspecified atom stereocenters. The molecule has 0 aromatic heterocycles. The van der Waals surface area contributed by atoms with Crippen LogP contribution in [0, 0.1) is 0 Å². The van der Waals surface area contributed by atoms with Crippen LogP contribution in [-0.4, -0.2) is 24.5 Å². The third-order valence-electron chi connectivity index (χ3n) is 2.92. The standard InChI is InChI=1S/C12H16BrN/c1-10(9-14-7-4-8-14)11-5-2-3-6-12(11)13/h2-3,5-6,10H,4,7-9H2,1H3. The summed E-state index contributed by atoms with van der Waals surface area (Å²) in [5.74, 6) is 0.630. The van der Waals surface area contributed by atoms with Crippen molar-refractivity contribution in [2.75, 3.05) is 19.6 Å². The van der Waals surface area contributed by atoms with Crippen LogP contribution in [0.4, 0.5) is 0 Å². The van der Waals surface area contributed by atoms with Crippen LogP contribution in [0.25, 0.3) is 0 Å². The Morgan fingerprint density at radius 1 is 1.36 bits per heavy atom. The van der Waals surface area contributed by atoms with Crippen LogP contribution in [-0.2, 0) is 0 Å². The van der Waals surface area contributed by atoms with Crippen LogP contribution < -0.4 is 0 Å². The molecule has 1 aromatic carbocycles. The van der Waals surface area contributed by atoms with Crippen molar-refractivity contribution in [3.05, 3.63) is 34.3 Å². The largest absolute Gasteiger partial charge is 0.303 e. The lowest BCUT2D eigenvalue weighted by Crippen LogP contribution is -2.39. The molecular weight excluding hydrogens is 238 g/mol. The molecule has 0 N–H and O–H groups in total. The minimum atomic E-state index is 0.630. The first kappa shape index (κ1) is 10.2. The number of hydrogen-bond donors (Lipinski definition) is 0. The minimum Gasteiger partial charge on any atom is -0.303 e. The Morgan fingerprint density at radius 2 is 2.07 bits per heavy atom. The number of likely N-dealkylation sites (tertiary alicyclic amines) is 1. The molecule has 0 bridgehead atoms. The van der Waals surface area contributed by atoms with E-state index in [-0.39, 0.29) is 0 Å². The van der Waals surface area contributed by atoms with Gasteiger partial charge in [0, 0.05) is 11.0 Å². The van der Waals surface area contributed by atoms with Crippen LogP contribution >= 0.6 is 15.9 Å². The molecule has 0 aliphatic carbocycles. The summed E-state index contributed by atoms with van der Waals surface area (Å²) in [6.07, 6.45) is 1.38. The van der Waals surface area contributed by atoms with Gasteiger partial charge in [0.2, 0.25) is 0 Å². The third-order valence-corrected chi connectivity index (χ3v) is 3.64. The van der Waals surface area contributed by atoms with E-state index in [2.05, 4.69) is 52.0 Å². The fraction of sp³-hybridized carbons (Fsp3) is 0.500. The predicted molar refractivity (Wildman–Crippen MR) is 63.6 cm³/mol. The van der Waals surface area contributed by atoms with Crippen LogP contribution in [0.5, 0.6) is 0 Å². The molecule has 1 saturated heterocycles. The summed E-state index contributed by atoms with van der Waals surface area (Å²) >= 11 is 3.61. The molecule has 14 heavy (non-hydrogen) atoms. The van der Waals surface area contributed by atoms with Gasteiger partial charge >= 0.3 is 0 Å². The van der Waals surface area contributed by atoms with Crippen molar-refractivity contribution in [3.8, 4) is 0 Å². The first-order valence-electron chi connectivity index (χ1n) is 5.24. The number of hydrogen-bond acceptors (Lipinski definition) is 1. The van der Waals surface area contributed by atoms with Crippen LogP contribution in [0.2, 0.25) is 0 Å². The van der Waals surface area contributed by atoms with E-state index in [1.165, 1.54) is 36.1 Å². The lowest BCUT2D eigenvalue weighted by Gasteiger charge is -2.33. The van der Waals surface area contributed by atoms with Crippen molar-refractivity contribution >= 4 is 15.9 Å². The lowest BCUT2D eigenvalue weighted by molar-refractivity contribution is 0.172. The fourth-order valence-corrected chi connectivity index (χ4v) is 2.60. The molecule has 1 atom stereocenters. The SMILES string of the molecule is CC(CN1CCC1)c1ccccc1Br. The molecular formula is C12H16BrN. The molecule has 0 amide bonds. The summed E-state index contributed by atoms with van der Waals surface area (Å²) in [5.41, 5.74) is 1.43. The second-order valence-corrected chi connectivity index (χ2v) is 4.93. The van der Waals surface area contributed by atoms with Gasteiger partial charge in [-0.15, -0.1) is 0 Å². The number of halogens is 1. The molecule has 1 heterocycles. The van der Waals surface area contributed by atoms with Crippen molar-refractivity contribution in [3.63, 3.8) is 0 Å². The van der Waals surface area contributed by atoms with E-state index in [9.17, 15) is 0 Å². The lowest BCUT2D eigenvalue weighted by atomic mass is 9.99. The van der Waals surface area contributed by atoms with Crippen molar-refractivity contribution in [2.45, 2.75) is 19.3 Å². The number of benzene rings is 1. The Morgan fingerprint density at radius 3 is 2.64 bits per heavy atom. The Hall–Kier alpha value is -0.340. The smallest absolute Gasteiger partial charge is 0.0210 e. The van der Waals surface area contributed by atoms with Crippen LogP contribution in [0.15, 0.2) is 28.7 Å². The first-order chi connectivity index (χ1) is 6.77. The van der Waals surface area contributed by atoms with Gasteiger partial charge in [-0.3, -0.25) is 0 Å². The highest BCUT2D eigenvalue weighted by atomic mass is 79.9. The van der Waals surface area contributed by atoms with E-state index in [1.807, 2.05) is 0 Å². The zero-order chi connectivity index (χ0) is 9.97. The zero-order valence-electron chi connectivity index (χ0n) is 8.54. The van der Waals surface area contributed by atoms with E-state index in [4.69, 9.17) is 0 Å². The van der Waals surface area contributed by atoms with Gasteiger partial charge in [0.25, 0.3) is 0 Å². The van der Waals surface area contributed by atoms with Crippen molar-refractivity contribution < 1.29 is 0 Å². The Kier molecular flexibility index (Phi) is 3.24. The molecule has 0 spiro atoms.